The molecule has 2 atom stereocenters. The minimum absolute atomic E-state index is 0.0843. The van der Waals surface area contributed by atoms with Gasteiger partial charge in [-0.2, -0.15) is 0 Å². The number of thiocarbonyl (C=S) groups is 1. The van der Waals surface area contributed by atoms with E-state index in [1.165, 1.54) is 16.8 Å². The highest BCUT2D eigenvalue weighted by Crippen LogP contribution is 2.46. The Bertz CT molecular complexity index is 1590. The molecular weight excluding hydrogens is 530 g/mol. The van der Waals surface area contributed by atoms with E-state index in [1.54, 1.807) is 7.11 Å². The molecule has 7 nitrogen and oxygen atoms in total. The third-order valence-electron chi connectivity index (χ3n) is 7.81. The number of pyridine rings is 1. The Kier molecular flexibility index (Phi) is 7.62. The van der Waals surface area contributed by atoms with Gasteiger partial charge in [0.05, 0.1) is 30.6 Å². The molecule has 1 fully saturated rings. The van der Waals surface area contributed by atoms with Crippen molar-refractivity contribution in [1.82, 2.24) is 14.9 Å². The van der Waals surface area contributed by atoms with Crippen LogP contribution in [0.3, 0.4) is 0 Å². The second-order valence-corrected chi connectivity index (χ2v) is 11.9. The van der Waals surface area contributed by atoms with Crippen LogP contribution in [0.25, 0.3) is 5.69 Å². The highest BCUT2D eigenvalue weighted by atomic mass is 32.1. The summed E-state index contributed by atoms with van der Waals surface area (Å²) in [5.41, 5.74) is 7.69. The molecule has 0 bridgehead atoms. The first-order valence-electron chi connectivity index (χ1n) is 13.8. The predicted molar refractivity (Wildman–Crippen MR) is 169 cm³/mol. The van der Waals surface area contributed by atoms with E-state index in [4.69, 9.17) is 21.9 Å². The Hall–Kier alpha value is -4.17. The Morgan fingerprint density at radius 2 is 1.68 bits per heavy atom. The Morgan fingerprint density at radius 1 is 0.976 bits per heavy atom. The molecule has 1 saturated heterocycles. The average Bonchev–Trinajstić information content (AvgIpc) is 3.40. The molecule has 0 aliphatic carbocycles. The molecule has 1 aliphatic rings. The van der Waals surface area contributed by atoms with Crippen LogP contribution in [0, 0.1) is 26.2 Å². The van der Waals surface area contributed by atoms with Gasteiger partial charge in [-0.3, -0.25) is 9.78 Å². The quantitative estimate of drug-likeness (QED) is 0.245. The molecule has 2 aromatic carbocycles. The standard InChI is InChI=1S/C33H37N5O2S/c1-20-21(2)37(23-13-9-8-10-14-23)22(3)28(20)30-29(26-15-11-12-18-34-26)36-32(41)38(30)24-16-17-25(27(19-24)40-7)35-31(39)33(4,5)6/h8-19,29-30H,1-7H3,(H,35,39)(H,36,41)/t29-,30-/m0/s1. The van der Waals surface area contributed by atoms with Gasteiger partial charge < -0.3 is 24.8 Å². The van der Waals surface area contributed by atoms with Gasteiger partial charge >= 0.3 is 0 Å². The van der Waals surface area contributed by atoms with Gasteiger partial charge in [0.25, 0.3) is 0 Å². The SMILES string of the molecule is COc1cc(N2C(=S)N[C@@H](c3ccccn3)[C@@H]2c2c(C)c(C)n(-c3ccccc3)c2C)ccc1NC(=O)C(C)(C)C. The second kappa shape index (κ2) is 11.0. The van der Waals surface area contributed by atoms with Gasteiger partial charge in [-0.05, 0) is 75.0 Å². The van der Waals surface area contributed by atoms with Crippen molar-refractivity contribution in [3.63, 3.8) is 0 Å². The molecule has 2 N–H and O–H groups in total. The van der Waals surface area contributed by atoms with Crippen molar-refractivity contribution < 1.29 is 9.53 Å². The summed E-state index contributed by atoms with van der Waals surface area (Å²) in [6, 6.07) is 21.8. The summed E-state index contributed by atoms with van der Waals surface area (Å²) < 4.78 is 8.06. The van der Waals surface area contributed by atoms with E-state index in [-0.39, 0.29) is 18.0 Å². The van der Waals surface area contributed by atoms with Crippen molar-refractivity contribution in [1.29, 1.82) is 0 Å². The predicted octanol–water partition coefficient (Wildman–Crippen LogP) is 6.97. The summed E-state index contributed by atoms with van der Waals surface area (Å²) in [6.45, 7) is 12.2. The average molecular weight is 568 g/mol. The summed E-state index contributed by atoms with van der Waals surface area (Å²) in [5, 5.41) is 7.18. The number of carbonyl (C=O) groups excluding carboxylic acids is 1. The molecule has 41 heavy (non-hydrogen) atoms. The van der Waals surface area contributed by atoms with Crippen molar-refractivity contribution in [2.45, 2.75) is 53.6 Å². The van der Waals surface area contributed by atoms with Crippen molar-refractivity contribution in [2.75, 3.05) is 17.3 Å². The van der Waals surface area contributed by atoms with Crippen LogP contribution < -0.4 is 20.3 Å². The number of nitrogens with one attached hydrogen (secondary N) is 2. The summed E-state index contributed by atoms with van der Waals surface area (Å²) in [6.07, 6.45) is 1.82. The number of anilines is 2. The number of aromatic nitrogens is 2. The van der Waals surface area contributed by atoms with Gasteiger partial charge in [0.1, 0.15) is 5.75 Å². The number of rotatable bonds is 6. The van der Waals surface area contributed by atoms with Gasteiger partial charge in [-0.1, -0.05) is 45.0 Å². The molecule has 5 rings (SSSR count). The third kappa shape index (κ3) is 5.20. The van der Waals surface area contributed by atoms with Gasteiger partial charge in [0.2, 0.25) is 5.91 Å². The number of hydrogen-bond donors (Lipinski definition) is 2. The number of ether oxygens (including phenoxy) is 1. The maximum atomic E-state index is 12.7. The maximum absolute atomic E-state index is 12.7. The summed E-state index contributed by atoms with van der Waals surface area (Å²) >= 11 is 6.00. The first-order valence-corrected chi connectivity index (χ1v) is 14.2. The van der Waals surface area contributed by atoms with E-state index in [1.807, 2.05) is 69.4 Å². The van der Waals surface area contributed by atoms with E-state index in [0.29, 0.717) is 16.5 Å². The van der Waals surface area contributed by atoms with E-state index >= 15 is 0 Å². The lowest BCUT2D eigenvalue weighted by Crippen LogP contribution is -2.30. The van der Waals surface area contributed by atoms with E-state index < -0.39 is 5.41 Å². The third-order valence-corrected chi connectivity index (χ3v) is 8.12. The first kappa shape index (κ1) is 28.4. The summed E-state index contributed by atoms with van der Waals surface area (Å²) in [4.78, 5) is 19.6. The zero-order valence-corrected chi connectivity index (χ0v) is 25.5. The van der Waals surface area contributed by atoms with Gasteiger partial charge in [-0.25, -0.2) is 0 Å². The van der Waals surface area contributed by atoms with Crippen LogP contribution in [-0.2, 0) is 4.79 Å². The van der Waals surface area contributed by atoms with Crippen molar-refractivity contribution >= 4 is 34.6 Å². The molecule has 212 valence electrons. The van der Waals surface area contributed by atoms with E-state index in [0.717, 1.165) is 22.8 Å². The molecular formula is C33H37N5O2S. The van der Waals surface area contributed by atoms with Crippen LogP contribution in [-0.4, -0.2) is 27.7 Å². The fourth-order valence-corrected chi connectivity index (χ4v) is 5.92. The van der Waals surface area contributed by atoms with Crippen LogP contribution in [0.4, 0.5) is 11.4 Å². The minimum Gasteiger partial charge on any atom is -0.494 e. The highest BCUT2D eigenvalue weighted by Gasteiger charge is 2.43. The van der Waals surface area contributed by atoms with Crippen molar-refractivity contribution in [2.24, 2.45) is 5.41 Å². The normalized spacial score (nSPS) is 17.0. The van der Waals surface area contributed by atoms with Crippen LogP contribution in [0.15, 0.2) is 72.9 Å². The lowest BCUT2D eigenvalue weighted by atomic mass is 9.93. The van der Waals surface area contributed by atoms with Crippen molar-refractivity contribution in [3.05, 3.63) is 101 Å². The molecule has 3 heterocycles. The minimum atomic E-state index is -0.538. The van der Waals surface area contributed by atoms with Gasteiger partial charge in [0, 0.05) is 46.0 Å². The molecule has 1 aliphatic heterocycles. The number of hydrogen-bond acceptors (Lipinski definition) is 4. The first-order chi connectivity index (χ1) is 19.5. The van der Waals surface area contributed by atoms with E-state index in [9.17, 15) is 4.79 Å². The topological polar surface area (TPSA) is 71.4 Å². The maximum Gasteiger partial charge on any atom is 0.229 e. The molecule has 0 radical (unpaired) electrons. The Balaban J connectivity index is 1.66. The monoisotopic (exact) mass is 567 g/mol. The zero-order chi connectivity index (χ0) is 29.5. The van der Waals surface area contributed by atoms with Crippen LogP contribution in [0.2, 0.25) is 0 Å². The second-order valence-electron chi connectivity index (χ2n) is 11.5. The van der Waals surface area contributed by atoms with Crippen LogP contribution in [0.1, 0.15) is 61.1 Å². The Labute approximate surface area is 247 Å². The van der Waals surface area contributed by atoms with E-state index in [2.05, 4.69) is 65.1 Å². The fourth-order valence-electron chi connectivity index (χ4n) is 5.58. The molecule has 4 aromatic rings. The molecule has 0 unspecified atom stereocenters. The molecule has 1 amide bonds. The Morgan fingerprint density at radius 3 is 2.32 bits per heavy atom. The number of nitrogens with zero attached hydrogens (tertiary/aromatic N) is 3. The lowest BCUT2D eigenvalue weighted by molar-refractivity contribution is -0.123. The molecule has 0 saturated carbocycles. The number of para-hydroxylation sites is 1. The number of carbonyl (C=O) groups is 1. The number of methoxy groups -OCH3 is 1. The summed E-state index contributed by atoms with van der Waals surface area (Å²) in [5.74, 6) is 0.480. The summed E-state index contributed by atoms with van der Waals surface area (Å²) in [7, 11) is 1.61. The zero-order valence-electron chi connectivity index (χ0n) is 24.6. The highest BCUT2D eigenvalue weighted by molar-refractivity contribution is 7.80. The smallest absolute Gasteiger partial charge is 0.229 e. The molecule has 8 heteroatoms. The van der Waals surface area contributed by atoms with Crippen molar-refractivity contribution in [3.8, 4) is 11.4 Å². The largest absolute Gasteiger partial charge is 0.494 e. The number of benzene rings is 2. The lowest BCUT2D eigenvalue weighted by Gasteiger charge is -2.29. The molecule has 0 spiro atoms. The van der Waals surface area contributed by atoms with Gasteiger partial charge in [0.15, 0.2) is 5.11 Å². The number of amides is 1. The van der Waals surface area contributed by atoms with Crippen LogP contribution in [0.5, 0.6) is 5.75 Å². The fraction of sp³-hybridized carbons (Fsp3) is 0.303. The van der Waals surface area contributed by atoms with Gasteiger partial charge in [-0.15, -0.1) is 0 Å². The van der Waals surface area contributed by atoms with Crippen LogP contribution >= 0.6 is 12.2 Å². The molecule has 2 aromatic heterocycles.